The minimum Gasteiger partial charge on any atom is -0.493 e. The van der Waals surface area contributed by atoms with Crippen molar-refractivity contribution >= 4 is 22.9 Å². The molecule has 2 aromatic rings. The first-order chi connectivity index (χ1) is 9.24. The smallest absolute Gasteiger partial charge is 0.165 e. The van der Waals surface area contributed by atoms with E-state index in [2.05, 4.69) is 4.98 Å². The van der Waals surface area contributed by atoms with Crippen molar-refractivity contribution in [1.29, 1.82) is 0 Å². The average Bonchev–Trinajstić information content (AvgIpc) is 2.90. The summed E-state index contributed by atoms with van der Waals surface area (Å²) < 4.78 is 11.1. The molecule has 2 rings (SSSR count). The largest absolute Gasteiger partial charge is 0.493 e. The molecule has 0 bridgehead atoms. The molecule has 0 radical (unpaired) electrons. The van der Waals surface area contributed by atoms with Crippen LogP contribution in [0.1, 0.15) is 11.3 Å². The van der Waals surface area contributed by atoms with Gasteiger partial charge in [0.05, 0.1) is 18.3 Å². The van der Waals surface area contributed by atoms with Gasteiger partial charge in [-0.1, -0.05) is 11.6 Å². The summed E-state index contributed by atoms with van der Waals surface area (Å²) in [6, 6.07) is 3.59. The first kappa shape index (κ1) is 14.1. The van der Waals surface area contributed by atoms with Crippen LogP contribution in [0.2, 0.25) is 5.02 Å². The van der Waals surface area contributed by atoms with E-state index in [-0.39, 0.29) is 0 Å². The van der Waals surface area contributed by atoms with Gasteiger partial charge in [-0.2, -0.15) is 0 Å². The molecule has 6 heteroatoms. The van der Waals surface area contributed by atoms with Crippen LogP contribution < -0.4 is 15.2 Å². The molecular weight excluding hydrogens is 284 g/mol. The summed E-state index contributed by atoms with van der Waals surface area (Å²) in [7, 11) is 1.59. The molecule has 0 spiro atoms. The number of rotatable bonds is 6. The van der Waals surface area contributed by atoms with Crippen LogP contribution in [0.3, 0.4) is 0 Å². The lowest BCUT2D eigenvalue weighted by molar-refractivity contribution is 0.278. The van der Waals surface area contributed by atoms with Gasteiger partial charge >= 0.3 is 0 Å². The van der Waals surface area contributed by atoms with Crippen LogP contribution in [0.5, 0.6) is 11.5 Å². The lowest BCUT2D eigenvalue weighted by Gasteiger charge is -2.15. The summed E-state index contributed by atoms with van der Waals surface area (Å²) in [4.78, 5) is 4.18. The number of thiazole rings is 1. The number of halogens is 1. The second-order valence-corrected chi connectivity index (χ2v) is 5.06. The average molecular weight is 299 g/mol. The highest BCUT2D eigenvalue weighted by atomic mass is 35.5. The number of nitrogens with zero attached hydrogens (tertiary/aromatic N) is 1. The second-order valence-electron chi connectivity index (χ2n) is 3.90. The van der Waals surface area contributed by atoms with E-state index in [0.717, 1.165) is 11.3 Å². The molecule has 1 aromatic carbocycles. The van der Waals surface area contributed by atoms with Crippen LogP contribution in [0, 0.1) is 0 Å². The Morgan fingerprint density at radius 1 is 1.42 bits per heavy atom. The molecule has 0 unspecified atom stereocenters. The van der Waals surface area contributed by atoms with Crippen molar-refractivity contribution in [1.82, 2.24) is 4.98 Å². The van der Waals surface area contributed by atoms with Crippen molar-refractivity contribution in [2.75, 3.05) is 13.7 Å². The van der Waals surface area contributed by atoms with Gasteiger partial charge in [-0.15, -0.1) is 11.3 Å². The molecule has 19 heavy (non-hydrogen) atoms. The Hall–Kier alpha value is -1.30. The van der Waals surface area contributed by atoms with E-state index in [9.17, 15) is 0 Å². The molecule has 0 saturated carbocycles. The minimum atomic E-state index is 0.402. The van der Waals surface area contributed by atoms with Gasteiger partial charge in [0.1, 0.15) is 6.61 Å². The maximum Gasteiger partial charge on any atom is 0.165 e. The number of hydrogen-bond donors (Lipinski definition) is 1. The number of methoxy groups -OCH3 is 1. The zero-order valence-corrected chi connectivity index (χ0v) is 12.1. The van der Waals surface area contributed by atoms with Crippen molar-refractivity contribution in [3.63, 3.8) is 0 Å². The molecule has 0 fully saturated rings. The highest BCUT2D eigenvalue weighted by molar-refractivity contribution is 7.07. The second kappa shape index (κ2) is 6.75. The highest BCUT2D eigenvalue weighted by Crippen LogP contribution is 2.35. The van der Waals surface area contributed by atoms with Crippen LogP contribution in [0.25, 0.3) is 0 Å². The summed E-state index contributed by atoms with van der Waals surface area (Å²) >= 11 is 7.59. The third-order valence-corrected chi connectivity index (χ3v) is 3.43. The van der Waals surface area contributed by atoms with Crippen molar-refractivity contribution < 1.29 is 9.47 Å². The van der Waals surface area contributed by atoms with E-state index in [1.807, 2.05) is 11.4 Å². The van der Waals surface area contributed by atoms with Crippen LogP contribution in [0.4, 0.5) is 0 Å². The quantitative estimate of drug-likeness (QED) is 0.891. The van der Waals surface area contributed by atoms with Crippen LogP contribution in [0.15, 0.2) is 23.0 Å². The first-order valence-corrected chi connectivity index (χ1v) is 7.13. The van der Waals surface area contributed by atoms with Gasteiger partial charge in [0.25, 0.3) is 0 Å². The molecule has 0 saturated heterocycles. The molecule has 0 aliphatic rings. The third-order valence-electron chi connectivity index (χ3n) is 2.58. The highest BCUT2D eigenvalue weighted by Gasteiger charge is 2.13. The van der Waals surface area contributed by atoms with E-state index in [4.69, 9.17) is 26.8 Å². The molecule has 1 aromatic heterocycles. The van der Waals surface area contributed by atoms with Gasteiger partial charge in [-0.05, 0) is 19.0 Å². The normalized spacial score (nSPS) is 10.5. The Kier molecular flexibility index (Phi) is 5.01. The molecule has 0 amide bonds. The zero-order valence-electron chi connectivity index (χ0n) is 10.6. The molecular formula is C13H15ClN2O2S. The van der Waals surface area contributed by atoms with Crippen molar-refractivity contribution in [3.8, 4) is 11.5 Å². The van der Waals surface area contributed by atoms with Gasteiger partial charge in [-0.25, -0.2) is 4.98 Å². The number of nitrogens with two attached hydrogens (primary N) is 1. The van der Waals surface area contributed by atoms with Crippen molar-refractivity contribution in [3.05, 3.63) is 39.3 Å². The lowest BCUT2D eigenvalue weighted by Crippen LogP contribution is -2.07. The summed E-state index contributed by atoms with van der Waals surface area (Å²) in [5.74, 6) is 1.30. The van der Waals surface area contributed by atoms with Crippen molar-refractivity contribution in [2.45, 2.75) is 13.0 Å². The fraction of sp³-hybridized carbons (Fsp3) is 0.308. The molecule has 2 N–H and O–H groups in total. The monoisotopic (exact) mass is 298 g/mol. The molecule has 4 nitrogen and oxygen atoms in total. The van der Waals surface area contributed by atoms with E-state index < -0.39 is 0 Å². The summed E-state index contributed by atoms with van der Waals surface area (Å²) in [5, 5.41) is 2.56. The molecule has 102 valence electrons. The van der Waals surface area contributed by atoms with Gasteiger partial charge in [0, 0.05) is 22.0 Å². The van der Waals surface area contributed by atoms with Crippen molar-refractivity contribution in [2.24, 2.45) is 5.73 Å². The topological polar surface area (TPSA) is 57.4 Å². The first-order valence-electron chi connectivity index (χ1n) is 5.81. The summed E-state index contributed by atoms with van der Waals surface area (Å²) in [6.45, 7) is 0.926. The Bertz CT molecular complexity index is 532. The fourth-order valence-corrected chi connectivity index (χ4v) is 2.51. The molecule has 0 aliphatic heterocycles. The SMILES string of the molecule is COc1cc(Cl)cc(CCN)c1OCc1cscn1. The minimum absolute atomic E-state index is 0.402. The standard InChI is InChI=1S/C13H15ClN2O2S/c1-17-12-5-10(14)4-9(2-3-15)13(12)18-6-11-7-19-8-16-11/h4-5,7-8H,2-3,6,15H2,1H3. The summed E-state index contributed by atoms with van der Waals surface area (Å²) in [6.07, 6.45) is 0.684. The number of ether oxygens (including phenoxy) is 2. The number of aromatic nitrogens is 1. The molecule has 1 heterocycles. The van der Waals surface area contributed by atoms with Crippen LogP contribution >= 0.6 is 22.9 Å². The van der Waals surface area contributed by atoms with Gasteiger partial charge in [0.15, 0.2) is 11.5 Å². The fourth-order valence-electron chi connectivity index (χ4n) is 1.73. The van der Waals surface area contributed by atoms with Gasteiger partial charge in [-0.3, -0.25) is 0 Å². The van der Waals surface area contributed by atoms with E-state index >= 15 is 0 Å². The summed E-state index contributed by atoms with van der Waals surface area (Å²) in [5.41, 5.74) is 9.22. The predicted molar refractivity (Wildman–Crippen MR) is 77.2 cm³/mol. The van der Waals surface area contributed by atoms with Gasteiger partial charge in [0.2, 0.25) is 0 Å². The zero-order chi connectivity index (χ0) is 13.7. The van der Waals surface area contributed by atoms with Crippen LogP contribution in [-0.4, -0.2) is 18.6 Å². The Morgan fingerprint density at radius 3 is 2.89 bits per heavy atom. The number of benzene rings is 1. The Morgan fingerprint density at radius 2 is 2.26 bits per heavy atom. The number of hydrogen-bond acceptors (Lipinski definition) is 5. The van der Waals surface area contributed by atoms with E-state index in [1.165, 1.54) is 11.3 Å². The Labute approximate surface area is 121 Å². The predicted octanol–water partition coefficient (Wildman–Crippen LogP) is 2.89. The van der Waals surface area contributed by atoms with E-state index in [1.54, 1.807) is 18.7 Å². The molecule has 0 atom stereocenters. The maximum absolute atomic E-state index is 6.05. The maximum atomic E-state index is 6.05. The Balaban J connectivity index is 2.24. The lowest BCUT2D eigenvalue weighted by atomic mass is 10.1. The van der Waals surface area contributed by atoms with Crippen LogP contribution in [-0.2, 0) is 13.0 Å². The van der Waals surface area contributed by atoms with Gasteiger partial charge < -0.3 is 15.2 Å². The third kappa shape index (κ3) is 3.59. The van der Waals surface area contributed by atoms with E-state index in [0.29, 0.717) is 36.1 Å². The molecule has 0 aliphatic carbocycles.